The molecule has 0 aromatic heterocycles. The van der Waals surface area contributed by atoms with Crippen LogP contribution in [0.4, 0.5) is 0 Å². The van der Waals surface area contributed by atoms with Gasteiger partial charge in [0.15, 0.2) is 0 Å². The van der Waals surface area contributed by atoms with Crippen LogP contribution in [0.15, 0.2) is 24.3 Å². The monoisotopic (exact) mass is 411 g/mol. The lowest BCUT2D eigenvalue weighted by atomic mass is 10.4. The molecule has 0 unspecified atom stereocenters. The fraction of sp³-hybridized carbons (Fsp3) is 0.625. The van der Waals surface area contributed by atoms with Gasteiger partial charge in [-0.1, -0.05) is 13.2 Å². The van der Waals surface area contributed by atoms with Gasteiger partial charge >= 0.3 is 11.9 Å². The average molecular weight is 411 g/mol. The lowest BCUT2D eigenvalue weighted by molar-refractivity contribution is -0.858. The van der Waals surface area contributed by atoms with E-state index in [1.807, 2.05) is 14.1 Å². The molecule has 0 amide bonds. The zero-order valence-corrected chi connectivity index (χ0v) is 17.2. The second-order valence-corrected chi connectivity index (χ2v) is 7.04. The maximum atomic E-state index is 11.3. The summed E-state index contributed by atoms with van der Waals surface area (Å²) >= 11 is 0. The molecule has 10 nitrogen and oxygen atoms in total. The SMILES string of the molecule is C=C(C)C(=O)OCCOP(=O)([O-])OCCOC(=O)C(=C)C.C[NH+](C)CCO. The Hall–Kier alpha value is -1.55. The van der Waals surface area contributed by atoms with E-state index >= 15 is 0 Å². The molecule has 0 aliphatic carbocycles. The van der Waals surface area contributed by atoms with E-state index in [-0.39, 0.29) is 37.6 Å². The van der Waals surface area contributed by atoms with E-state index in [2.05, 4.69) is 31.7 Å². The Balaban J connectivity index is 0. The lowest BCUT2D eigenvalue weighted by Gasteiger charge is -2.22. The van der Waals surface area contributed by atoms with Gasteiger partial charge in [-0.2, -0.15) is 0 Å². The van der Waals surface area contributed by atoms with Crippen LogP contribution >= 0.6 is 7.82 Å². The normalized spacial score (nSPS) is 10.6. The van der Waals surface area contributed by atoms with E-state index in [9.17, 15) is 19.0 Å². The molecule has 0 fully saturated rings. The van der Waals surface area contributed by atoms with Gasteiger partial charge in [-0.3, -0.25) is 4.57 Å². The maximum Gasteiger partial charge on any atom is 0.333 e. The molecule has 2 N–H and O–H groups in total. The van der Waals surface area contributed by atoms with Crippen molar-refractivity contribution in [1.29, 1.82) is 0 Å². The Labute approximate surface area is 160 Å². The number of nitrogens with one attached hydrogen (secondary N) is 1. The summed E-state index contributed by atoms with van der Waals surface area (Å²) in [6.45, 7) is 9.48. The van der Waals surface area contributed by atoms with Crippen LogP contribution in [0.3, 0.4) is 0 Å². The highest BCUT2D eigenvalue weighted by Crippen LogP contribution is 2.37. The topological polar surface area (TPSA) is 136 Å². The number of phosphoric acid groups is 1. The number of aliphatic hydroxyl groups is 1. The Morgan fingerprint density at radius 1 is 0.963 bits per heavy atom. The third-order valence-electron chi connectivity index (χ3n) is 2.44. The predicted octanol–water partition coefficient (Wildman–Crippen LogP) is -1.15. The van der Waals surface area contributed by atoms with Crippen LogP contribution < -0.4 is 9.79 Å². The highest BCUT2D eigenvalue weighted by molar-refractivity contribution is 7.45. The van der Waals surface area contributed by atoms with Gasteiger partial charge in [0.1, 0.15) is 19.8 Å². The Bertz CT molecular complexity index is 496. The summed E-state index contributed by atoms with van der Waals surface area (Å²) in [7, 11) is -0.517. The summed E-state index contributed by atoms with van der Waals surface area (Å²) in [6.07, 6.45) is 0. The van der Waals surface area contributed by atoms with Gasteiger partial charge < -0.3 is 33.4 Å². The Morgan fingerprint density at radius 3 is 1.56 bits per heavy atom. The fourth-order valence-corrected chi connectivity index (χ4v) is 1.74. The van der Waals surface area contributed by atoms with E-state index in [1.54, 1.807) is 0 Å². The minimum atomic E-state index is -4.54. The summed E-state index contributed by atoms with van der Waals surface area (Å²) in [5, 5.41) is 8.22. The number of ether oxygens (including phenoxy) is 2. The van der Waals surface area contributed by atoms with Crippen LogP contribution in [0.25, 0.3) is 0 Å². The summed E-state index contributed by atoms with van der Waals surface area (Å²) < 4.78 is 29.4. The van der Waals surface area contributed by atoms with Crippen molar-refractivity contribution in [2.24, 2.45) is 0 Å². The first-order valence-electron chi connectivity index (χ1n) is 8.08. The molecule has 0 saturated carbocycles. The maximum absolute atomic E-state index is 11.3. The van der Waals surface area contributed by atoms with Crippen molar-refractivity contribution in [1.82, 2.24) is 0 Å². The minimum Gasteiger partial charge on any atom is -0.756 e. The molecule has 0 radical (unpaired) electrons. The van der Waals surface area contributed by atoms with Gasteiger partial charge in [0, 0.05) is 11.1 Å². The number of aliphatic hydroxyl groups excluding tert-OH is 1. The van der Waals surface area contributed by atoms with Crippen LogP contribution in [0.5, 0.6) is 0 Å². The highest BCUT2D eigenvalue weighted by atomic mass is 31.2. The number of phosphoric ester groups is 1. The first-order valence-corrected chi connectivity index (χ1v) is 9.54. The zero-order chi connectivity index (χ0) is 21.5. The second-order valence-electron chi connectivity index (χ2n) is 5.63. The standard InChI is InChI=1S/C12H19O8P.C4H11NO/c1-9(2)11(13)17-5-7-19-21(15,16)20-8-6-18-12(14)10(3)4;1-5(2)3-4-6/h1,3,5-8H2,2,4H3,(H,15,16);6H,3-4H2,1-2H3. The third kappa shape index (κ3) is 19.0. The van der Waals surface area contributed by atoms with E-state index in [4.69, 9.17) is 5.11 Å². The quantitative estimate of drug-likeness (QED) is 0.177. The lowest BCUT2D eigenvalue weighted by Crippen LogP contribution is -3.06. The molecule has 0 aromatic carbocycles. The van der Waals surface area contributed by atoms with Crippen LogP contribution in [-0.2, 0) is 32.7 Å². The average Bonchev–Trinajstić information content (AvgIpc) is 2.55. The van der Waals surface area contributed by atoms with E-state index in [1.165, 1.54) is 18.7 Å². The second kappa shape index (κ2) is 15.5. The molecular formula is C16H30NO9P. The molecule has 0 spiro atoms. The van der Waals surface area contributed by atoms with Crippen LogP contribution in [0.2, 0.25) is 0 Å². The molecule has 158 valence electrons. The number of hydrogen-bond acceptors (Lipinski definition) is 9. The number of carbonyl (C=O) groups excluding carboxylic acids is 2. The first-order chi connectivity index (χ1) is 12.4. The number of likely N-dealkylation sites (N-methyl/N-ethyl adjacent to an activating group) is 1. The predicted molar refractivity (Wildman–Crippen MR) is 95.8 cm³/mol. The van der Waals surface area contributed by atoms with Crippen molar-refractivity contribution < 1.29 is 47.6 Å². The minimum absolute atomic E-state index is 0.191. The molecular weight excluding hydrogens is 381 g/mol. The number of quaternary nitrogens is 1. The molecule has 0 bridgehead atoms. The number of carbonyl (C=O) groups is 2. The van der Waals surface area contributed by atoms with Crippen molar-refractivity contribution in [2.75, 3.05) is 53.7 Å². The molecule has 11 heteroatoms. The Morgan fingerprint density at radius 2 is 1.33 bits per heavy atom. The molecule has 0 saturated heterocycles. The molecule has 0 aliphatic heterocycles. The molecule has 0 rings (SSSR count). The van der Waals surface area contributed by atoms with Crippen LogP contribution in [-0.4, -0.2) is 70.7 Å². The van der Waals surface area contributed by atoms with Gasteiger partial charge in [0.05, 0.1) is 33.9 Å². The van der Waals surface area contributed by atoms with Gasteiger partial charge in [-0.15, -0.1) is 0 Å². The highest BCUT2D eigenvalue weighted by Gasteiger charge is 2.11. The zero-order valence-electron chi connectivity index (χ0n) is 16.3. The smallest absolute Gasteiger partial charge is 0.333 e. The van der Waals surface area contributed by atoms with E-state index in [0.717, 1.165) is 6.54 Å². The van der Waals surface area contributed by atoms with Crippen molar-refractivity contribution in [2.45, 2.75) is 13.8 Å². The Kier molecular flexibility index (Phi) is 15.9. The van der Waals surface area contributed by atoms with Gasteiger partial charge in [-0.05, 0) is 13.8 Å². The number of rotatable bonds is 12. The molecule has 0 atom stereocenters. The number of hydrogen-bond donors (Lipinski definition) is 2. The van der Waals surface area contributed by atoms with Crippen molar-refractivity contribution in [3.05, 3.63) is 24.3 Å². The van der Waals surface area contributed by atoms with Crippen molar-refractivity contribution in [3.8, 4) is 0 Å². The van der Waals surface area contributed by atoms with Crippen molar-refractivity contribution in [3.63, 3.8) is 0 Å². The van der Waals surface area contributed by atoms with Gasteiger partial charge in [0.2, 0.25) is 0 Å². The fourth-order valence-electron chi connectivity index (χ4n) is 1.07. The van der Waals surface area contributed by atoms with Crippen molar-refractivity contribution >= 4 is 19.8 Å². The molecule has 27 heavy (non-hydrogen) atoms. The third-order valence-corrected chi connectivity index (χ3v) is 3.44. The van der Waals surface area contributed by atoms with Gasteiger partial charge in [-0.25, -0.2) is 9.59 Å². The van der Waals surface area contributed by atoms with E-state index < -0.39 is 19.8 Å². The van der Waals surface area contributed by atoms with Crippen LogP contribution in [0.1, 0.15) is 13.8 Å². The van der Waals surface area contributed by atoms with Gasteiger partial charge in [0.25, 0.3) is 7.82 Å². The molecule has 0 aromatic rings. The summed E-state index contributed by atoms with van der Waals surface area (Å²) in [5.74, 6) is -1.29. The summed E-state index contributed by atoms with van der Waals surface area (Å²) in [4.78, 5) is 34.5. The first kappa shape index (κ1) is 27.7. The molecule has 0 heterocycles. The van der Waals surface area contributed by atoms with Crippen LogP contribution in [0, 0.1) is 0 Å². The van der Waals surface area contributed by atoms with E-state index in [0.29, 0.717) is 6.61 Å². The summed E-state index contributed by atoms with van der Waals surface area (Å²) in [5.41, 5.74) is 0.381. The largest absolute Gasteiger partial charge is 0.756 e. The summed E-state index contributed by atoms with van der Waals surface area (Å²) in [6, 6.07) is 0. The number of esters is 2. The molecule has 0 aliphatic rings.